The molecule has 0 unspecified atom stereocenters. The number of hydrogen-bond donors (Lipinski definition) is 0. The second-order valence-electron chi connectivity index (χ2n) is 4.91. The maximum atomic E-state index is 10.8. The summed E-state index contributed by atoms with van der Waals surface area (Å²) in [5, 5.41) is 10.8. The molecule has 0 bridgehead atoms. The monoisotopic (exact) mass is 265 g/mol. The number of nitrogens with zero attached hydrogens (tertiary/aromatic N) is 1. The molecule has 1 aliphatic carbocycles. The molecule has 0 spiro atoms. The van der Waals surface area contributed by atoms with E-state index in [1.165, 1.54) is 51.3 Å². The number of ether oxygens (including phenoxy) is 2. The van der Waals surface area contributed by atoms with Gasteiger partial charge in [0, 0.05) is 6.07 Å². The number of rotatable bonds is 5. The van der Waals surface area contributed by atoms with Crippen LogP contribution in [0.3, 0.4) is 0 Å². The highest BCUT2D eigenvalue weighted by atomic mass is 16.6. The molecular weight excluding hydrogens is 246 g/mol. The van der Waals surface area contributed by atoms with Gasteiger partial charge in [-0.3, -0.25) is 10.1 Å². The number of hydrogen-bond acceptors (Lipinski definition) is 4. The van der Waals surface area contributed by atoms with E-state index in [1.807, 2.05) is 0 Å². The summed E-state index contributed by atoms with van der Waals surface area (Å²) in [6.45, 7) is 0.609. The summed E-state index contributed by atoms with van der Waals surface area (Å²) in [6, 6.07) is 4.43. The number of nitro benzene ring substituents is 1. The maximum absolute atomic E-state index is 10.8. The van der Waals surface area contributed by atoms with Crippen molar-refractivity contribution in [1.29, 1.82) is 0 Å². The fourth-order valence-corrected chi connectivity index (χ4v) is 2.45. The predicted molar refractivity (Wildman–Crippen MR) is 71.7 cm³/mol. The van der Waals surface area contributed by atoms with Gasteiger partial charge >= 0.3 is 0 Å². The highest BCUT2D eigenvalue weighted by Crippen LogP contribution is 2.32. The van der Waals surface area contributed by atoms with Gasteiger partial charge in [0.15, 0.2) is 11.5 Å². The van der Waals surface area contributed by atoms with Crippen LogP contribution in [-0.2, 0) is 0 Å². The van der Waals surface area contributed by atoms with Crippen molar-refractivity contribution in [3.05, 3.63) is 28.3 Å². The molecule has 1 aromatic carbocycles. The van der Waals surface area contributed by atoms with Crippen LogP contribution in [0.5, 0.6) is 11.5 Å². The van der Waals surface area contributed by atoms with Crippen molar-refractivity contribution in [3.8, 4) is 11.5 Å². The maximum Gasteiger partial charge on any atom is 0.273 e. The molecule has 0 heterocycles. The Morgan fingerprint density at radius 1 is 1.26 bits per heavy atom. The molecule has 0 aliphatic heterocycles. The summed E-state index contributed by atoms with van der Waals surface area (Å²) >= 11 is 0. The van der Waals surface area contributed by atoms with E-state index in [0.29, 0.717) is 24.0 Å². The first-order valence-corrected chi connectivity index (χ1v) is 6.66. The number of nitro groups is 1. The van der Waals surface area contributed by atoms with Crippen LogP contribution in [0.15, 0.2) is 18.2 Å². The molecule has 19 heavy (non-hydrogen) atoms. The zero-order valence-electron chi connectivity index (χ0n) is 11.1. The number of non-ortho nitro benzene ring substituents is 1. The zero-order valence-corrected chi connectivity index (χ0v) is 11.1. The van der Waals surface area contributed by atoms with Gasteiger partial charge in [0.05, 0.1) is 24.7 Å². The van der Waals surface area contributed by atoms with Gasteiger partial charge in [-0.25, -0.2) is 0 Å². The Bertz CT molecular complexity index is 441. The third-order valence-corrected chi connectivity index (χ3v) is 3.56. The summed E-state index contributed by atoms with van der Waals surface area (Å²) in [5.74, 6) is 1.56. The number of benzene rings is 1. The average molecular weight is 265 g/mol. The molecule has 5 heteroatoms. The van der Waals surface area contributed by atoms with Gasteiger partial charge in [-0.2, -0.15) is 0 Å². The van der Waals surface area contributed by atoms with E-state index in [2.05, 4.69) is 0 Å². The topological polar surface area (TPSA) is 61.6 Å². The van der Waals surface area contributed by atoms with E-state index in [9.17, 15) is 10.1 Å². The first-order valence-electron chi connectivity index (χ1n) is 6.66. The Kier molecular flexibility index (Phi) is 4.60. The third-order valence-electron chi connectivity index (χ3n) is 3.56. The van der Waals surface area contributed by atoms with E-state index in [-0.39, 0.29) is 5.69 Å². The first-order chi connectivity index (χ1) is 9.20. The fraction of sp³-hybridized carbons (Fsp3) is 0.571. The second-order valence-corrected chi connectivity index (χ2v) is 4.91. The van der Waals surface area contributed by atoms with Gasteiger partial charge in [0.25, 0.3) is 5.69 Å². The summed E-state index contributed by atoms with van der Waals surface area (Å²) in [7, 11) is 1.54. The minimum absolute atomic E-state index is 0.0273. The van der Waals surface area contributed by atoms with E-state index >= 15 is 0 Å². The lowest BCUT2D eigenvalue weighted by Gasteiger charge is -2.22. The molecule has 1 aromatic rings. The molecule has 5 nitrogen and oxygen atoms in total. The van der Waals surface area contributed by atoms with Crippen LogP contribution in [0.1, 0.15) is 32.1 Å². The highest BCUT2D eigenvalue weighted by molar-refractivity contribution is 5.48. The van der Waals surface area contributed by atoms with Crippen LogP contribution in [-0.4, -0.2) is 18.6 Å². The molecule has 0 aromatic heterocycles. The van der Waals surface area contributed by atoms with Crippen molar-refractivity contribution in [3.63, 3.8) is 0 Å². The normalized spacial score (nSPS) is 16.1. The largest absolute Gasteiger partial charge is 0.493 e. The van der Waals surface area contributed by atoms with Crippen molar-refractivity contribution < 1.29 is 14.4 Å². The molecule has 0 N–H and O–H groups in total. The van der Waals surface area contributed by atoms with Crippen molar-refractivity contribution in [2.24, 2.45) is 5.92 Å². The molecule has 2 rings (SSSR count). The standard InChI is InChI=1S/C14H19NO4/c1-18-13-8-7-12(15(16)17)9-14(13)19-10-11-5-3-2-4-6-11/h7-9,11H,2-6,10H2,1H3. The Balaban J connectivity index is 2.04. The minimum atomic E-state index is -0.424. The lowest BCUT2D eigenvalue weighted by molar-refractivity contribution is -0.385. The van der Waals surface area contributed by atoms with E-state index in [0.717, 1.165) is 0 Å². The van der Waals surface area contributed by atoms with Gasteiger partial charge in [-0.15, -0.1) is 0 Å². The van der Waals surface area contributed by atoms with Gasteiger partial charge in [0.1, 0.15) is 0 Å². The van der Waals surface area contributed by atoms with Crippen molar-refractivity contribution in [1.82, 2.24) is 0 Å². The van der Waals surface area contributed by atoms with Gasteiger partial charge in [0.2, 0.25) is 0 Å². The number of methoxy groups -OCH3 is 1. The first kappa shape index (κ1) is 13.6. The molecule has 0 atom stereocenters. The van der Waals surface area contributed by atoms with Crippen LogP contribution >= 0.6 is 0 Å². The SMILES string of the molecule is COc1ccc([N+](=O)[O-])cc1OCC1CCCCC1. The Morgan fingerprint density at radius 2 is 2.00 bits per heavy atom. The summed E-state index contributed by atoms with van der Waals surface area (Å²) in [5.41, 5.74) is 0.0273. The van der Waals surface area contributed by atoms with Crippen molar-refractivity contribution in [2.45, 2.75) is 32.1 Å². The van der Waals surface area contributed by atoms with Gasteiger partial charge in [-0.1, -0.05) is 19.3 Å². The van der Waals surface area contributed by atoms with E-state index < -0.39 is 4.92 Å². The summed E-state index contributed by atoms with van der Waals surface area (Å²) in [6.07, 6.45) is 6.16. The Labute approximate surface area is 112 Å². The zero-order chi connectivity index (χ0) is 13.7. The smallest absolute Gasteiger partial charge is 0.273 e. The van der Waals surface area contributed by atoms with Crippen LogP contribution < -0.4 is 9.47 Å². The molecule has 0 saturated heterocycles. The Hall–Kier alpha value is -1.78. The quantitative estimate of drug-likeness (QED) is 0.603. The molecule has 0 amide bonds. The lowest BCUT2D eigenvalue weighted by Crippen LogP contribution is -2.15. The Morgan fingerprint density at radius 3 is 2.63 bits per heavy atom. The van der Waals surface area contributed by atoms with E-state index in [4.69, 9.17) is 9.47 Å². The van der Waals surface area contributed by atoms with E-state index in [1.54, 1.807) is 6.07 Å². The molecule has 104 valence electrons. The van der Waals surface area contributed by atoms with Crippen LogP contribution in [0.25, 0.3) is 0 Å². The minimum Gasteiger partial charge on any atom is -0.493 e. The van der Waals surface area contributed by atoms with Gasteiger partial charge in [-0.05, 0) is 24.8 Å². The van der Waals surface area contributed by atoms with Crippen molar-refractivity contribution in [2.75, 3.05) is 13.7 Å². The molecule has 1 fully saturated rings. The average Bonchev–Trinajstić information content (AvgIpc) is 2.45. The van der Waals surface area contributed by atoms with Crippen LogP contribution in [0.4, 0.5) is 5.69 Å². The summed E-state index contributed by atoms with van der Waals surface area (Å²) < 4.78 is 10.9. The summed E-state index contributed by atoms with van der Waals surface area (Å²) in [4.78, 5) is 10.3. The van der Waals surface area contributed by atoms with Crippen molar-refractivity contribution >= 4 is 5.69 Å². The fourth-order valence-electron chi connectivity index (χ4n) is 2.45. The lowest BCUT2D eigenvalue weighted by atomic mass is 9.90. The van der Waals surface area contributed by atoms with Gasteiger partial charge < -0.3 is 9.47 Å². The molecule has 0 radical (unpaired) electrons. The van der Waals surface area contributed by atoms with Crippen LogP contribution in [0, 0.1) is 16.0 Å². The third kappa shape index (κ3) is 3.59. The predicted octanol–water partition coefficient (Wildman–Crippen LogP) is 3.56. The highest BCUT2D eigenvalue weighted by Gasteiger charge is 2.17. The molecule has 1 aliphatic rings. The second kappa shape index (κ2) is 6.41. The molecule has 1 saturated carbocycles. The van der Waals surface area contributed by atoms with Crippen LogP contribution in [0.2, 0.25) is 0 Å². The molecular formula is C14H19NO4.